The molecule has 0 aromatic rings. The monoisotopic (exact) mass is 368 g/mol. The van der Waals surface area contributed by atoms with E-state index in [0.717, 1.165) is 19.5 Å². The molecule has 0 spiro atoms. The molecule has 6 nitrogen and oxygen atoms in total. The number of aliphatic hydroxyl groups excluding tert-OH is 1. The lowest BCUT2D eigenvalue weighted by Gasteiger charge is -2.38. The predicted molar refractivity (Wildman–Crippen MR) is 106 cm³/mol. The minimum Gasteiger partial charge on any atom is -0.390 e. The summed E-state index contributed by atoms with van der Waals surface area (Å²) in [5.41, 5.74) is -0.0276. The second-order valence-electron chi connectivity index (χ2n) is 9.53. The molecule has 0 aromatic carbocycles. The largest absolute Gasteiger partial charge is 0.390 e. The number of likely N-dealkylation sites (tertiary alicyclic amines) is 2. The van der Waals surface area contributed by atoms with Crippen LogP contribution in [0.1, 0.15) is 54.9 Å². The van der Waals surface area contributed by atoms with Crippen LogP contribution in [0.3, 0.4) is 0 Å². The van der Waals surface area contributed by atoms with Gasteiger partial charge in [-0.05, 0) is 41.0 Å². The van der Waals surface area contributed by atoms with Gasteiger partial charge in [0.25, 0.3) is 0 Å². The molecule has 4 unspecified atom stereocenters. The minimum atomic E-state index is -0.323. The molecule has 2 aliphatic heterocycles. The van der Waals surface area contributed by atoms with Crippen LogP contribution in [0, 0.1) is 0 Å². The van der Waals surface area contributed by atoms with Crippen LogP contribution < -0.4 is 10.6 Å². The molecule has 0 aromatic heterocycles. The third kappa shape index (κ3) is 5.49. The van der Waals surface area contributed by atoms with Gasteiger partial charge in [0.2, 0.25) is 0 Å². The summed E-state index contributed by atoms with van der Waals surface area (Å²) in [4.78, 5) is 16.9. The summed E-state index contributed by atoms with van der Waals surface area (Å²) in [6, 6.07) is 1.11. The molecule has 0 bridgehead atoms. The van der Waals surface area contributed by atoms with Gasteiger partial charge in [-0.1, -0.05) is 13.8 Å². The minimum absolute atomic E-state index is 0.0276. The Hall–Kier alpha value is -0.530. The zero-order valence-corrected chi connectivity index (χ0v) is 17.7. The smallest absolute Gasteiger partial charge is 0.164 e. The maximum atomic E-state index is 12.3. The van der Waals surface area contributed by atoms with Crippen LogP contribution in [-0.2, 0) is 4.79 Å². The normalized spacial score (nSPS) is 30.1. The third-order valence-electron chi connectivity index (χ3n) is 5.88. The highest BCUT2D eigenvalue weighted by atomic mass is 16.3. The molecule has 6 heteroatoms. The second-order valence-corrected chi connectivity index (χ2v) is 9.53. The van der Waals surface area contributed by atoms with Gasteiger partial charge >= 0.3 is 0 Å². The van der Waals surface area contributed by atoms with Gasteiger partial charge in [0, 0.05) is 49.3 Å². The predicted octanol–water partition coefficient (Wildman–Crippen LogP) is 0.838. The SMILES string of the molecule is CC(C)NC1CN(C(C)(C)CC(C)NC2CN(C(C)C)CC2=O)CC1O. The first-order chi connectivity index (χ1) is 12.0. The Morgan fingerprint density at radius 3 is 2.31 bits per heavy atom. The van der Waals surface area contributed by atoms with Crippen LogP contribution in [0.5, 0.6) is 0 Å². The lowest BCUT2D eigenvalue weighted by atomic mass is 9.93. The van der Waals surface area contributed by atoms with Gasteiger partial charge < -0.3 is 15.7 Å². The van der Waals surface area contributed by atoms with Crippen molar-refractivity contribution >= 4 is 5.78 Å². The van der Waals surface area contributed by atoms with Gasteiger partial charge in [0.15, 0.2) is 5.78 Å². The number of ketones is 1. The molecular weight excluding hydrogens is 328 g/mol. The van der Waals surface area contributed by atoms with Crippen molar-refractivity contribution in [2.45, 2.75) is 96.7 Å². The molecule has 26 heavy (non-hydrogen) atoms. The molecule has 0 amide bonds. The first kappa shape index (κ1) is 21.8. The average molecular weight is 369 g/mol. The number of nitrogens with zero attached hydrogens (tertiary/aromatic N) is 2. The highest BCUT2D eigenvalue weighted by Crippen LogP contribution is 2.26. The lowest BCUT2D eigenvalue weighted by molar-refractivity contribution is -0.118. The summed E-state index contributed by atoms with van der Waals surface area (Å²) in [7, 11) is 0. The average Bonchev–Trinajstić information content (AvgIpc) is 3.03. The summed E-state index contributed by atoms with van der Waals surface area (Å²) in [6.07, 6.45) is 0.621. The van der Waals surface area contributed by atoms with E-state index in [4.69, 9.17) is 0 Å². The highest BCUT2D eigenvalue weighted by Gasteiger charge is 2.40. The van der Waals surface area contributed by atoms with Crippen molar-refractivity contribution < 1.29 is 9.90 Å². The fraction of sp³-hybridized carbons (Fsp3) is 0.950. The standard InChI is InChI=1S/C20H40N4O2/c1-13(2)21-17-10-24(12-19(17)26)20(6,7)8-15(5)22-16-9-23(14(3)4)11-18(16)25/h13-17,19,21-22,26H,8-12H2,1-7H3. The van der Waals surface area contributed by atoms with E-state index < -0.39 is 0 Å². The number of carbonyl (C=O) groups is 1. The summed E-state index contributed by atoms with van der Waals surface area (Å²) < 4.78 is 0. The van der Waals surface area contributed by atoms with E-state index in [1.165, 1.54) is 0 Å². The number of carbonyl (C=O) groups excluding carboxylic acids is 1. The first-order valence-electron chi connectivity index (χ1n) is 10.2. The second kappa shape index (κ2) is 8.65. The van der Waals surface area contributed by atoms with Crippen molar-refractivity contribution in [3.8, 4) is 0 Å². The molecular formula is C20H40N4O2. The summed E-state index contributed by atoms with van der Waals surface area (Å²) in [5, 5.41) is 17.4. The van der Waals surface area contributed by atoms with Crippen molar-refractivity contribution in [2.75, 3.05) is 26.2 Å². The Morgan fingerprint density at radius 1 is 1.12 bits per heavy atom. The fourth-order valence-electron chi connectivity index (χ4n) is 4.40. The van der Waals surface area contributed by atoms with E-state index in [1.54, 1.807) is 0 Å². The van der Waals surface area contributed by atoms with Gasteiger partial charge in [-0.3, -0.25) is 14.6 Å². The molecule has 2 rings (SSSR count). The van der Waals surface area contributed by atoms with Crippen molar-refractivity contribution in [2.24, 2.45) is 0 Å². The van der Waals surface area contributed by atoms with Crippen LogP contribution in [0.4, 0.5) is 0 Å². The van der Waals surface area contributed by atoms with Crippen molar-refractivity contribution in [3.63, 3.8) is 0 Å². The van der Waals surface area contributed by atoms with Crippen LogP contribution in [0.25, 0.3) is 0 Å². The quantitative estimate of drug-likeness (QED) is 0.590. The van der Waals surface area contributed by atoms with Gasteiger partial charge in [-0.15, -0.1) is 0 Å². The molecule has 2 aliphatic rings. The van der Waals surface area contributed by atoms with Crippen molar-refractivity contribution in [3.05, 3.63) is 0 Å². The van der Waals surface area contributed by atoms with E-state index >= 15 is 0 Å². The summed E-state index contributed by atoms with van der Waals surface area (Å²) in [6.45, 7) is 18.1. The van der Waals surface area contributed by atoms with Crippen LogP contribution in [0.15, 0.2) is 0 Å². The number of β-amino-alcohol motifs (C(OH)–C–C–N with tert-alkyl or cyclic N) is 1. The van der Waals surface area contributed by atoms with Crippen LogP contribution in [0.2, 0.25) is 0 Å². The maximum absolute atomic E-state index is 12.3. The van der Waals surface area contributed by atoms with E-state index in [-0.39, 0.29) is 29.8 Å². The number of rotatable bonds is 8. The Bertz CT molecular complexity index is 480. The Morgan fingerprint density at radius 2 is 1.77 bits per heavy atom. The molecule has 3 N–H and O–H groups in total. The lowest BCUT2D eigenvalue weighted by Crippen LogP contribution is -2.51. The molecule has 0 aliphatic carbocycles. The highest BCUT2D eigenvalue weighted by molar-refractivity contribution is 5.88. The summed E-state index contributed by atoms with van der Waals surface area (Å²) >= 11 is 0. The number of nitrogens with one attached hydrogen (secondary N) is 2. The van der Waals surface area contributed by atoms with Gasteiger partial charge in [-0.2, -0.15) is 0 Å². The number of hydrogen-bond acceptors (Lipinski definition) is 6. The van der Waals surface area contributed by atoms with E-state index in [9.17, 15) is 9.90 Å². The maximum Gasteiger partial charge on any atom is 0.164 e. The Balaban J connectivity index is 1.87. The topological polar surface area (TPSA) is 67.8 Å². The van der Waals surface area contributed by atoms with E-state index in [1.807, 2.05) is 0 Å². The van der Waals surface area contributed by atoms with Gasteiger partial charge in [0.1, 0.15) is 0 Å². The van der Waals surface area contributed by atoms with Crippen molar-refractivity contribution in [1.82, 2.24) is 20.4 Å². The number of aliphatic hydroxyl groups is 1. The molecule has 152 valence electrons. The van der Waals surface area contributed by atoms with Gasteiger partial charge in [0.05, 0.1) is 18.7 Å². The summed E-state index contributed by atoms with van der Waals surface area (Å²) in [5.74, 6) is 0.307. The molecule has 4 atom stereocenters. The van der Waals surface area contributed by atoms with E-state index in [0.29, 0.717) is 31.0 Å². The number of Topliss-reactive ketones (excluding diaryl/α,β-unsaturated/α-hetero) is 1. The molecule has 2 fully saturated rings. The van der Waals surface area contributed by atoms with Crippen LogP contribution >= 0.6 is 0 Å². The van der Waals surface area contributed by atoms with Gasteiger partial charge in [-0.25, -0.2) is 0 Å². The van der Waals surface area contributed by atoms with E-state index in [2.05, 4.69) is 68.9 Å². The molecule has 2 heterocycles. The Labute approximate surface area is 159 Å². The first-order valence-corrected chi connectivity index (χ1v) is 10.2. The Kier molecular flexibility index (Phi) is 7.24. The third-order valence-corrected chi connectivity index (χ3v) is 5.88. The molecule has 0 saturated carbocycles. The zero-order valence-electron chi connectivity index (χ0n) is 17.7. The molecule has 0 radical (unpaired) electrons. The van der Waals surface area contributed by atoms with Crippen LogP contribution in [-0.4, -0.2) is 88.7 Å². The molecule has 2 saturated heterocycles. The van der Waals surface area contributed by atoms with Crippen molar-refractivity contribution in [1.29, 1.82) is 0 Å². The number of hydrogen-bond donors (Lipinski definition) is 3. The zero-order chi connectivity index (χ0) is 19.6. The fourth-order valence-corrected chi connectivity index (χ4v) is 4.40.